The van der Waals surface area contributed by atoms with E-state index in [1.807, 2.05) is 4.90 Å². The van der Waals surface area contributed by atoms with Crippen LogP contribution in [0.2, 0.25) is 5.15 Å². The lowest BCUT2D eigenvalue weighted by Crippen LogP contribution is -2.49. The molecule has 0 atom stereocenters. The van der Waals surface area contributed by atoms with Gasteiger partial charge in [-0.05, 0) is 6.92 Å². The van der Waals surface area contributed by atoms with E-state index in [0.717, 1.165) is 0 Å². The Morgan fingerprint density at radius 1 is 1.20 bits per heavy atom. The van der Waals surface area contributed by atoms with Gasteiger partial charge in [0, 0.05) is 26.2 Å². The molecule has 2 rings (SSSR count). The van der Waals surface area contributed by atoms with Gasteiger partial charge in [0.15, 0.2) is 6.29 Å². The third-order valence-corrected chi connectivity index (χ3v) is 4.71. The average Bonchev–Trinajstić information content (AvgIpc) is 2.37. The third kappa shape index (κ3) is 3.08. The van der Waals surface area contributed by atoms with Crippen LogP contribution in [-0.2, 0) is 10.0 Å². The largest absolute Gasteiger partial charge is 0.353 e. The van der Waals surface area contributed by atoms with Crippen molar-refractivity contribution < 1.29 is 13.2 Å². The van der Waals surface area contributed by atoms with E-state index < -0.39 is 10.0 Å². The number of halogens is 1. The Balaban J connectivity index is 2.25. The number of carbonyl (C=O) groups excluding carboxylic acids is 1. The first-order valence-electron chi connectivity index (χ1n) is 6.02. The van der Waals surface area contributed by atoms with Gasteiger partial charge < -0.3 is 4.90 Å². The number of hydrogen-bond donors (Lipinski definition) is 0. The van der Waals surface area contributed by atoms with Crippen molar-refractivity contribution in [3.05, 3.63) is 16.5 Å². The van der Waals surface area contributed by atoms with Gasteiger partial charge in [-0.3, -0.25) is 4.79 Å². The number of sulfonamides is 1. The molecule has 0 aromatic carbocycles. The van der Waals surface area contributed by atoms with Crippen LogP contribution in [0.5, 0.6) is 0 Å². The second kappa shape index (κ2) is 5.63. The molecule has 1 aromatic heterocycles. The van der Waals surface area contributed by atoms with Crippen molar-refractivity contribution >= 4 is 33.7 Å². The van der Waals surface area contributed by atoms with E-state index in [9.17, 15) is 13.2 Å². The molecule has 1 aliphatic heterocycles. The van der Waals surface area contributed by atoms with E-state index in [0.29, 0.717) is 44.1 Å². The van der Waals surface area contributed by atoms with Crippen LogP contribution in [-0.4, -0.2) is 61.4 Å². The number of carbonyl (C=O) groups is 1. The van der Waals surface area contributed by atoms with Crippen LogP contribution in [0.15, 0.2) is 0 Å². The summed E-state index contributed by atoms with van der Waals surface area (Å²) in [6.07, 6.45) is 1.81. The summed E-state index contributed by atoms with van der Waals surface area (Å²) < 4.78 is 24.3. The van der Waals surface area contributed by atoms with Crippen LogP contribution in [0.3, 0.4) is 0 Å². The summed E-state index contributed by atoms with van der Waals surface area (Å²) in [5, 5.41) is 0.119. The molecule has 0 unspecified atom stereocenters. The minimum atomic E-state index is -3.19. The van der Waals surface area contributed by atoms with Gasteiger partial charge in [-0.15, -0.1) is 0 Å². The fourth-order valence-corrected chi connectivity index (χ4v) is 3.18. The highest BCUT2D eigenvalue weighted by Gasteiger charge is 2.26. The molecule has 110 valence electrons. The molecule has 1 aromatic rings. The normalized spacial score (nSPS) is 17.2. The predicted octanol–water partition coefficient (Wildman–Crippen LogP) is 0.333. The zero-order valence-corrected chi connectivity index (χ0v) is 12.8. The molecule has 0 aliphatic carbocycles. The molecule has 0 N–H and O–H groups in total. The third-order valence-electron chi connectivity index (χ3n) is 3.12. The molecular formula is C11H15ClN4O3S. The lowest BCUT2D eigenvalue weighted by atomic mass is 10.2. The summed E-state index contributed by atoms with van der Waals surface area (Å²) >= 11 is 5.94. The summed E-state index contributed by atoms with van der Waals surface area (Å²) in [5.41, 5.74) is 0.241. The van der Waals surface area contributed by atoms with Crippen LogP contribution in [0.4, 0.5) is 5.82 Å². The van der Waals surface area contributed by atoms with Crippen molar-refractivity contribution in [2.45, 2.75) is 6.92 Å². The molecule has 7 nitrogen and oxygen atoms in total. The number of nitrogens with zero attached hydrogens (tertiary/aromatic N) is 4. The molecule has 20 heavy (non-hydrogen) atoms. The van der Waals surface area contributed by atoms with Crippen molar-refractivity contribution in [3.8, 4) is 0 Å². The number of rotatable bonds is 3. The Kier molecular flexibility index (Phi) is 4.26. The average molecular weight is 319 g/mol. The highest BCUT2D eigenvalue weighted by Crippen LogP contribution is 2.24. The second-order valence-electron chi connectivity index (χ2n) is 4.57. The van der Waals surface area contributed by atoms with Gasteiger partial charge >= 0.3 is 0 Å². The molecule has 1 fully saturated rings. The van der Waals surface area contributed by atoms with Gasteiger partial charge in [0.25, 0.3) is 0 Å². The van der Waals surface area contributed by atoms with Crippen molar-refractivity contribution in [1.29, 1.82) is 0 Å². The fraction of sp³-hybridized carbons (Fsp3) is 0.545. The minimum Gasteiger partial charge on any atom is -0.353 e. The van der Waals surface area contributed by atoms with Gasteiger partial charge in [0.1, 0.15) is 16.8 Å². The van der Waals surface area contributed by atoms with Crippen LogP contribution in [0.25, 0.3) is 0 Å². The Bertz CT molecular complexity index is 627. The second-order valence-corrected chi connectivity index (χ2v) is 6.91. The predicted molar refractivity (Wildman–Crippen MR) is 75.8 cm³/mol. The summed E-state index contributed by atoms with van der Waals surface area (Å²) in [5.74, 6) is 0.937. The highest BCUT2D eigenvalue weighted by atomic mass is 35.5. The van der Waals surface area contributed by atoms with Gasteiger partial charge in [-0.1, -0.05) is 11.6 Å². The van der Waals surface area contributed by atoms with Gasteiger partial charge in [-0.2, -0.15) is 4.31 Å². The fourth-order valence-electron chi connectivity index (χ4n) is 2.11. The summed E-state index contributed by atoms with van der Waals surface area (Å²) in [7, 11) is -3.19. The number of piperazine rings is 1. The van der Waals surface area contributed by atoms with Crippen LogP contribution in [0.1, 0.15) is 16.2 Å². The lowest BCUT2D eigenvalue weighted by Gasteiger charge is -2.34. The number of aryl methyl sites for hydroxylation is 1. The van der Waals surface area contributed by atoms with Crippen molar-refractivity contribution in [2.24, 2.45) is 0 Å². The van der Waals surface area contributed by atoms with Crippen molar-refractivity contribution in [1.82, 2.24) is 14.3 Å². The first kappa shape index (κ1) is 15.1. The van der Waals surface area contributed by atoms with Gasteiger partial charge in [0.05, 0.1) is 11.8 Å². The van der Waals surface area contributed by atoms with E-state index >= 15 is 0 Å². The summed E-state index contributed by atoms with van der Waals surface area (Å²) in [6, 6.07) is 0. The molecule has 0 bridgehead atoms. The minimum absolute atomic E-state index is 0.119. The molecule has 9 heteroatoms. The maximum absolute atomic E-state index is 11.5. The van der Waals surface area contributed by atoms with Crippen molar-refractivity contribution in [3.63, 3.8) is 0 Å². The van der Waals surface area contributed by atoms with E-state index in [4.69, 9.17) is 11.6 Å². The Morgan fingerprint density at radius 2 is 1.80 bits per heavy atom. The Hall–Kier alpha value is -1.25. The molecule has 1 saturated heterocycles. The van der Waals surface area contributed by atoms with E-state index in [-0.39, 0.29) is 10.7 Å². The van der Waals surface area contributed by atoms with E-state index in [1.54, 1.807) is 6.92 Å². The molecule has 0 saturated carbocycles. The molecule has 2 heterocycles. The zero-order chi connectivity index (χ0) is 14.9. The monoisotopic (exact) mass is 318 g/mol. The number of hydrogen-bond acceptors (Lipinski definition) is 6. The lowest BCUT2D eigenvalue weighted by molar-refractivity contribution is 0.112. The van der Waals surface area contributed by atoms with Crippen LogP contribution in [0, 0.1) is 6.92 Å². The maximum Gasteiger partial charge on any atom is 0.211 e. The first-order chi connectivity index (χ1) is 9.32. The quantitative estimate of drug-likeness (QED) is 0.590. The van der Waals surface area contributed by atoms with Gasteiger partial charge in [-0.25, -0.2) is 18.4 Å². The molecule has 0 radical (unpaired) electrons. The summed E-state index contributed by atoms with van der Waals surface area (Å²) in [6.45, 7) is 3.33. The number of anilines is 1. The molecule has 0 amide bonds. The standard InChI is InChI=1S/C11H15ClN4O3S/c1-8-13-10(12)9(7-17)11(14-8)15-3-5-16(6-4-15)20(2,18)19/h7H,3-6H2,1-2H3. The maximum atomic E-state index is 11.5. The van der Waals surface area contributed by atoms with E-state index in [1.165, 1.54) is 10.6 Å². The highest BCUT2D eigenvalue weighted by molar-refractivity contribution is 7.88. The van der Waals surface area contributed by atoms with Gasteiger partial charge in [0.2, 0.25) is 10.0 Å². The topological polar surface area (TPSA) is 83.5 Å². The molecular weight excluding hydrogens is 304 g/mol. The van der Waals surface area contributed by atoms with E-state index in [2.05, 4.69) is 9.97 Å². The zero-order valence-electron chi connectivity index (χ0n) is 11.2. The smallest absolute Gasteiger partial charge is 0.211 e. The number of aromatic nitrogens is 2. The number of aldehydes is 1. The molecule has 0 spiro atoms. The molecule has 1 aliphatic rings. The summed E-state index contributed by atoms with van der Waals surface area (Å²) in [4.78, 5) is 21.2. The first-order valence-corrected chi connectivity index (χ1v) is 8.25. The Labute approximate surface area is 122 Å². The van der Waals surface area contributed by atoms with Crippen LogP contribution >= 0.6 is 11.6 Å². The Morgan fingerprint density at radius 3 is 2.30 bits per heavy atom. The SMILES string of the molecule is Cc1nc(Cl)c(C=O)c(N2CCN(S(C)(=O)=O)CC2)n1. The van der Waals surface area contributed by atoms with Crippen molar-refractivity contribution in [2.75, 3.05) is 37.3 Å². The van der Waals surface area contributed by atoms with Crippen LogP contribution < -0.4 is 4.90 Å².